The normalized spacial score (nSPS) is 16.0. The maximum Gasteiger partial charge on any atom is 0.252 e. The summed E-state index contributed by atoms with van der Waals surface area (Å²) in [6.07, 6.45) is 0. The molecule has 0 N–H and O–H groups in total. The molecule has 1 aromatic heterocycles. The Hall–Kier alpha value is -1.48. The van der Waals surface area contributed by atoms with Crippen LogP contribution in [0.5, 0.6) is 11.5 Å². The lowest BCUT2D eigenvalue weighted by Gasteiger charge is -2.35. The molecule has 0 spiro atoms. The first kappa shape index (κ1) is 18.3. The Kier molecular flexibility index (Phi) is 5.43. The maximum atomic E-state index is 12.7. The van der Waals surface area contributed by atoms with E-state index in [1.54, 1.807) is 26.4 Å². The number of hydrogen-bond donors (Lipinski definition) is 0. The Labute approximate surface area is 156 Å². The predicted molar refractivity (Wildman–Crippen MR) is 99.8 cm³/mol. The van der Waals surface area contributed by atoms with Gasteiger partial charge in [-0.3, -0.25) is 0 Å². The predicted octanol–water partition coefficient (Wildman–Crippen LogP) is 2.93. The maximum absolute atomic E-state index is 12.7. The van der Waals surface area contributed by atoms with Gasteiger partial charge in [0.15, 0.2) is 0 Å². The van der Waals surface area contributed by atoms with Gasteiger partial charge in [0.05, 0.1) is 24.2 Å². The van der Waals surface area contributed by atoms with Crippen LogP contribution in [0.25, 0.3) is 0 Å². The van der Waals surface area contributed by atoms with E-state index in [4.69, 9.17) is 21.1 Å². The lowest BCUT2D eigenvalue weighted by atomic mass is 10.2. The number of anilines is 1. The molecule has 0 saturated carbocycles. The fraction of sp³-hybridized carbons (Fsp3) is 0.375. The van der Waals surface area contributed by atoms with Crippen LogP contribution in [0, 0.1) is 0 Å². The highest BCUT2D eigenvalue weighted by Crippen LogP contribution is 2.34. The van der Waals surface area contributed by atoms with Crippen LogP contribution in [0.4, 0.5) is 5.69 Å². The van der Waals surface area contributed by atoms with Gasteiger partial charge < -0.3 is 14.4 Å². The first-order valence-electron chi connectivity index (χ1n) is 7.68. The van der Waals surface area contributed by atoms with Gasteiger partial charge in [-0.05, 0) is 24.3 Å². The highest BCUT2D eigenvalue weighted by molar-refractivity contribution is 7.91. The molecule has 9 heteroatoms. The van der Waals surface area contributed by atoms with Crippen LogP contribution in [0.2, 0.25) is 4.34 Å². The van der Waals surface area contributed by atoms with E-state index in [1.165, 1.54) is 4.31 Å². The molecular formula is C16H19ClN2O4S2. The summed E-state index contributed by atoms with van der Waals surface area (Å²) in [5, 5.41) is 0. The van der Waals surface area contributed by atoms with Crippen molar-refractivity contribution in [2.45, 2.75) is 4.21 Å². The molecule has 1 aromatic carbocycles. The SMILES string of the molecule is COc1ccc(N2CCN(S(=O)(=O)c3ccc(Cl)s3)CC2)c(OC)c1. The number of nitrogens with zero attached hydrogens (tertiary/aromatic N) is 2. The number of rotatable bonds is 5. The van der Waals surface area contributed by atoms with Crippen LogP contribution >= 0.6 is 22.9 Å². The molecule has 0 bridgehead atoms. The van der Waals surface area contributed by atoms with E-state index in [0.717, 1.165) is 22.8 Å². The van der Waals surface area contributed by atoms with Crippen LogP contribution in [-0.2, 0) is 10.0 Å². The van der Waals surface area contributed by atoms with Gasteiger partial charge >= 0.3 is 0 Å². The fourth-order valence-electron chi connectivity index (χ4n) is 2.78. The number of piperazine rings is 1. The minimum Gasteiger partial charge on any atom is -0.497 e. The van der Waals surface area contributed by atoms with Crippen LogP contribution < -0.4 is 14.4 Å². The molecule has 0 radical (unpaired) electrons. The van der Waals surface area contributed by atoms with E-state index in [9.17, 15) is 8.42 Å². The van der Waals surface area contributed by atoms with Crippen molar-refractivity contribution in [3.63, 3.8) is 0 Å². The van der Waals surface area contributed by atoms with Crippen molar-refractivity contribution in [3.8, 4) is 11.5 Å². The zero-order chi connectivity index (χ0) is 18.0. The molecular weight excluding hydrogens is 384 g/mol. The number of thiophene rings is 1. The van der Waals surface area contributed by atoms with E-state index in [-0.39, 0.29) is 4.21 Å². The quantitative estimate of drug-likeness (QED) is 0.769. The Balaban J connectivity index is 1.74. The number of hydrogen-bond acceptors (Lipinski definition) is 6. The first-order valence-corrected chi connectivity index (χ1v) is 10.3. The second-order valence-electron chi connectivity index (χ2n) is 5.49. The largest absolute Gasteiger partial charge is 0.497 e. The molecule has 1 aliphatic rings. The van der Waals surface area contributed by atoms with Gasteiger partial charge in [0.25, 0.3) is 10.0 Å². The van der Waals surface area contributed by atoms with Crippen molar-refractivity contribution >= 4 is 38.6 Å². The van der Waals surface area contributed by atoms with Crippen molar-refractivity contribution in [2.75, 3.05) is 45.3 Å². The molecule has 1 fully saturated rings. The van der Waals surface area contributed by atoms with E-state index < -0.39 is 10.0 Å². The second-order valence-corrected chi connectivity index (χ2v) is 9.37. The zero-order valence-electron chi connectivity index (χ0n) is 13.9. The van der Waals surface area contributed by atoms with Crippen LogP contribution in [0.3, 0.4) is 0 Å². The van der Waals surface area contributed by atoms with Gasteiger partial charge in [-0.25, -0.2) is 8.42 Å². The minimum absolute atomic E-state index is 0.285. The van der Waals surface area contributed by atoms with Gasteiger partial charge in [0.2, 0.25) is 0 Å². The smallest absolute Gasteiger partial charge is 0.252 e. The molecule has 3 rings (SSSR count). The van der Waals surface area contributed by atoms with Gasteiger partial charge in [-0.15, -0.1) is 11.3 Å². The molecule has 1 aliphatic heterocycles. The molecule has 0 aliphatic carbocycles. The van der Waals surface area contributed by atoms with Crippen LogP contribution in [0.1, 0.15) is 0 Å². The average molecular weight is 403 g/mol. The van der Waals surface area contributed by atoms with Crippen molar-refractivity contribution in [1.82, 2.24) is 4.31 Å². The summed E-state index contributed by atoms with van der Waals surface area (Å²) < 4.78 is 38.3. The van der Waals surface area contributed by atoms with E-state index in [1.807, 2.05) is 18.2 Å². The third kappa shape index (κ3) is 3.72. The number of methoxy groups -OCH3 is 2. The molecule has 0 amide bonds. The van der Waals surface area contributed by atoms with Crippen LogP contribution in [-0.4, -0.2) is 53.1 Å². The highest BCUT2D eigenvalue weighted by atomic mass is 35.5. The lowest BCUT2D eigenvalue weighted by molar-refractivity contribution is 0.376. The summed E-state index contributed by atoms with van der Waals surface area (Å²) in [7, 11) is -0.267. The third-order valence-corrected chi connectivity index (χ3v) is 7.71. The lowest BCUT2D eigenvalue weighted by Crippen LogP contribution is -2.48. The molecule has 136 valence electrons. The summed E-state index contributed by atoms with van der Waals surface area (Å²) in [6.45, 7) is 1.99. The second kappa shape index (κ2) is 7.41. The Morgan fingerprint density at radius 1 is 1.04 bits per heavy atom. The van der Waals surface area contributed by atoms with Gasteiger partial charge in [0.1, 0.15) is 15.7 Å². The average Bonchev–Trinajstić information content (AvgIpc) is 3.08. The van der Waals surface area contributed by atoms with Crippen molar-refractivity contribution in [2.24, 2.45) is 0 Å². The molecule has 0 atom stereocenters. The molecule has 2 aromatic rings. The highest BCUT2D eigenvalue weighted by Gasteiger charge is 2.30. The number of sulfonamides is 1. The fourth-order valence-corrected chi connectivity index (χ4v) is 5.84. The van der Waals surface area contributed by atoms with Crippen LogP contribution in [0.15, 0.2) is 34.5 Å². The van der Waals surface area contributed by atoms with Gasteiger partial charge in [0, 0.05) is 32.2 Å². The Morgan fingerprint density at radius 2 is 1.76 bits per heavy atom. The molecule has 25 heavy (non-hydrogen) atoms. The van der Waals surface area contributed by atoms with Crippen molar-refractivity contribution < 1.29 is 17.9 Å². The summed E-state index contributed by atoms with van der Waals surface area (Å²) in [5.74, 6) is 1.43. The summed E-state index contributed by atoms with van der Waals surface area (Å²) >= 11 is 6.95. The first-order chi connectivity index (χ1) is 12.0. The topological polar surface area (TPSA) is 59.1 Å². The summed E-state index contributed by atoms with van der Waals surface area (Å²) in [5.41, 5.74) is 0.930. The number of halogens is 1. The van der Waals surface area contributed by atoms with E-state index >= 15 is 0 Å². The molecule has 1 saturated heterocycles. The van der Waals surface area contributed by atoms with Gasteiger partial charge in [-0.1, -0.05) is 11.6 Å². The number of benzene rings is 1. The molecule has 6 nitrogen and oxygen atoms in total. The van der Waals surface area contributed by atoms with Crippen molar-refractivity contribution in [1.29, 1.82) is 0 Å². The zero-order valence-corrected chi connectivity index (χ0v) is 16.3. The Bertz CT molecular complexity index is 846. The molecule has 0 unspecified atom stereocenters. The Morgan fingerprint density at radius 3 is 2.32 bits per heavy atom. The summed E-state index contributed by atoms with van der Waals surface area (Å²) in [6, 6.07) is 8.79. The standard InChI is InChI=1S/C16H19ClN2O4S2/c1-22-12-3-4-13(14(11-12)23-2)18-7-9-19(10-8-18)25(20,21)16-6-5-15(17)24-16/h3-6,11H,7-10H2,1-2H3. The summed E-state index contributed by atoms with van der Waals surface area (Å²) in [4.78, 5) is 2.12. The third-order valence-electron chi connectivity index (χ3n) is 4.11. The monoisotopic (exact) mass is 402 g/mol. The molecule has 2 heterocycles. The van der Waals surface area contributed by atoms with Crippen molar-refractivity contribution in [3.05, 3.63) is 34.7 Å². The van der Waals surface area contributed by atoms with Gasteiger partial charge in [-0.2, -0.15) is 4.31 Å². The number of ether oxygens (including phenoxy) is 2. The minimum atomic E-state index is -3.48. The van der Waals surface area contributed by atoms with E-state index in [2.05, 4.69) is 4.90 Å². The van der Waals surface area contributed by atoms with E-state index in [0.29, 0.717) is 36.3 Å².